The van der Waals surface area contributed by atoms with Crippen molar-refractivity contribution in [3.05, 3.63) is 29.3 Å². The lowest BCUT2D eigenvalue weighted by Gasteiger charge is -2.30. The molecule has 0 aromatic heterocycles. The summed E-state index contributed by atoms with van der Waals surface area (Å²) >= 11 is 0. The van der Waals surface area contributed by atoms with Crippen molar-refractivity contribution in [2.24, 2.45) is 11.7 Å². The quantitative estimate of drug-likeness (QED) is 0.377. The molecule has 3 heterocycles. The van der Waals surface area contributed by atoms with Gasteiger partial charge in [0.2, 0.25) is 15.9 Å². The van der Waals surface area contributed by atoms with E-state index >= 15 is 0 Å². The molecule has 1 aromatic rings. The highest BCUT2D eigenvalue weighted by Crippen LogP contribution is 2.41. The van der Waals surface area contributed by atoms with Crippen LogP contribution in [0.25, 0.3) is 0 Å². The third-order valence-electron chi connectivity index (χ3n) is 8.16. The Morgan fingerprint density at radius 3 is 2.71 bits per heavy atom. The number of hydrogen-bond donors (Lipinski definition) is 2. The van der Waals surface area contributed by atoms with Crippen molar-refractivity contribution >= 4 is 21.9 Å². The average molecular weight is 551 g/mol. The fourth-order valence-electron chi connectivity index (χ4n) is 6.11. The minimum Gasteiger partial charge on any atom is -0.493 e. The number of benzene rings is 1. The van der Waals surface area contributed by atoms with Crippen molar-refractivity contribution in [1.82, 2.24) is 14.1 Å². The molecule has 0 bridgehead atoms. The van der Waals surface area contributed by atoms with E-state index in [0.717, 1.165) is 36.1 Å². The van der Waals surface area contributed by atoms with Crippen molar-refractivity contribution in [3.8, 4) is 5.75 Å². The Kier molecular flexibility index (Phi) is 9.67. The van der Waals surface area contributed by atoms with Gasteiger partial charge in [-0.3, -0.25) is 14.5 Å². The number of aliphatic carboxylic acids is 1. The largest absolute Gasteiger partial charge is 0.493 e. The molecule has 1 aromatic carbocycles. The molecule has 38 heavy (non-hydrogen) atoms. The lowest BCUT2D eigenvalue weighted by molar-refractivity contribution is -0.143. The molecule has 11 heteroatoms. The van der Waals surface area contributed by atoms with Crippen molar-refractivity contribution < 1.29 is 27.9 Å². The van der Waals surface area contributed by atoms with Crippen LogP contribution in [0.4, 0.5) is 0 Å². The zero-order valence-electron chi connectivity index (χ0n) is 22.4. The summed E-state index contributed by atoms with van der Waals surface area (Å²) < 4.78 is 32.0. The van der Waals surface area contributed by atoms with Crippen LogP contribution in [0, 0.1) is 5.92 Å². The summed E-state index contributed by atoms with van der Waals surface area (Å²) in [4.78, 5) is 30.0. The molecule has 0 aliphatic carbocycles. The molecule has 3 atom stereocenters. The number of nitrogens with zero attached hydrogens (tertiary/aromatic N) is 3. The second kappa shape index (κ2) is 12.8. The van der Waals surface area contributed by atoms with E-state index in [9.17, 15) is 23.1 Å². The number of hydrogen-bond acceptors (Lipinski definition) is 7. The molecule has 0 saturated carbocycles. The van der Waals surface area contributed by atoms with E-state index in [1.165, 1.54) is 4.31 Å². The monoisotopic (exact) mass is 550 g/mol. The van der Waals surface area contributed by atoms with E-state index in [0.29, 0.717) is 58.6 Å². The summed E-state index contributed by atoms with van der Waals surface area (Å²) in [6.45, 7) is 5.69. The summed E-state index contributed by atoms with van der Waals surface area (Å²) in [6.07, 6.45) is 4.32. The van der Waals surface area contributed by atoms with Crippen molar-refractivity contribution in [2.75, 3.05) is 58.2 Å². The Morgan fingerprint density at radius 1 is 1.24 bits per heavy atom. The zero-order valence-corrected chi connectivity index (χ0v) is 23.2. The maximum atomic E-state index is 13.5. The first-order valence-corrected chi connectivity index (χ1v) is 15.5. The highest BCUT2D eigenvalue weighted by atomic mass is 32.2. The summed E-state index contributed by atoms with van der Waals surface area (Å²) in [5.41, 5.74) is 7.72. The van der Waals surface area contributed by atoms with Crippen LogP contribution in [0.5, 0.6) is 5.75 Å². The van der Waals surface area contributed by atoms with E-state index in [1.54, 1.807) is 0 Å². The number of likely N-dealkylation sites (tertiary alicyclic amines) is 1. The first kappa shape index (κ1) is 28.8. The number of carboxylic acid groups (broad SMARTS) is 1. The van der Waals surface area contributed by atoms with Gasteiger partial charge >= 0.3 is 5.97 Å². The van der Waals surface area contributed by atoms with Gasteiger partial charge in [0.05, 0.1) is 24.8 Å². The Labute approximate surface area is 226 Å². The summed E-state index contributed by atoms with van der Waals surface area (Å²) in [7, 11) is -3.30. The van der Waals surface area contributed by atoms with Crippen LogP contribution in [0.3, 0.4) is 0 Å². The van der Waals surface area contributed by atoms with Gasteiger partial charge in [-0.15, -0.1) is 0 Å². The third kappa shape index (κ3) is 6.50. The molecule has 0 unspecified atom stereocenters. The molecule has 4 rings (SSSR count). The Balaban J connectivity index is 1.59. The van der Waals surface area contributed by atoms with Crippen LogP contribution >= 0.6 is 0 Å². The zero-order chi connectivity index (χ0) is 27.3. The molecule has 1 amide bonds. The first-order valence-electron chi connectivity index (χ1n) is 13.9. The predicted octanol–water partition coefficient (Wildman–Crippen LogP) is 1.49. The molecule has 3 N–H and O–H groups in total. The number of sulfonamides is 1. The lowest BCUT2D eigenvalue weighted by atomic mass is 9.83. The van der Waals surface area contributed by atoms with Gasteiger partial charge in [-0.1, -0.05) is 25.5 Å². The minimum atomic E-state index is -3.30. The molecule has 3 aliphatic rings. The maximum absolute atomic E-state index is 13.5. The molecule has 10 nitrogen and oxygen atoms in total. The number of nitrogens with two attached hydrogens (primary N) is 1. The second-order valence-electron chi connectivity index (χ2n) is 10.7. The molecule has 2 saturated heterocycles. The molecule has 2 fully saturated rings. The Morgan fingerprint density at radius 2 is 2.03 bits per heavy atom. The van der Waals surface area contributed by atoms with Crippen LogP contribution in [0.2, 0.25) is 0 Å². The van der Waals surface area contributed by atoms with Gasteiger partial charge in [0.1, 0.15) is 5.75 Å². The van der Waals surface area contributed by atoms with E-state index < -0.39 is 28.0 Å². The average Bonchev–Trinajstić information content (AvgIpc) is 3.58. The van der Waals surface area contributed by atoms with Gasteiger partial charge in [-0.05, 0) is 49.4 Å². The molecule has 212 valence electrons. The maximum Gasteiger partial charge on any atom is 0.308 e. The van der Waals surface area contributed by atoms with Crippen molar-refractivity contribution in [3.63, 3.8) is 0 Å². The Hall–Kier alpha value is -2.21. The molecule has 0 spiro atoms. The third-order valence-corrected chi connectivity index (χ3v) is 10.1. The van der Waals surface area contributed by atoms with Gasteiger partial charge in [0.25, 0.3) is 0 Å². The Bertz CT molecular complexity index is 1090. The number of carbonyl (C=O) groups is 2. The number of unbranched alkanes of at least 4 members (excludes halogenated alkanes) is 1. The summed E-state index contributed by atoms with van der Waals surface area (Å²) in [5, 5.41) is 10.4. The minimum absolute atomic E-state index is 0.0298. The first-order chi connectivity index (χ1) is 18.2. The number of amides is 1. The van der Waals surface area contributed by atoms with Crippen LogP contribution in [-0.4, -0.2) is 104 Å². The highest BCUT2D eigenvalue weighted by Gasteiger charge is 2.47. The van der Waals surface area contributed by atoms with E-state index in [4.69, 9.17) is 10.5 Å². The number of carbonyl (C=O) groups excluding carboxylic acids is 1. The predicted molar refractivity (Wildman–Crippen MR) is 145 cm³/mol. The number of rotatable bonds is 13. The van der Waals surface area contributed by atoms with Gasteiger partial charge in [0, 0.05) is 51.1 Å². The fraction of sp³-hybridized carbons (Fsp3) is 0.704. The topological polar surface area (TPSA) is 133 Å². The number of ether oxygens (including phenoxy) is 1. The van der Waals surface area contributed by atoms with Crippen LogP contribution in [0.1, 0.15) is 56.1 Å². The fourth-order valence-corrected chi connectivity index (χ4v) is 7.66. The van der Waals surface area contributed by atoms with Crippen LogP contribution in [0.15, 0.2) is 18.2 Å². The van der Waals surface area contributed by atoms with Crippen molar-refractivity contribution in [2.45, 2.75) is 57.4 Å². The van der Waals surface area contributed by atoms with Gasteiger partial charge in [-0.2, -0.15) is 0 Å². The summed E-state index contributed by atoms with van der Waals surface area (Å²) in [5.74, 6) is -1.02. The smallest absolute Gasteiger partial charge is 0.308 e. The van der Waals surface area contributed by atoms with E-state index in [-0.39, 0.29) is 30.7 Å². The van der Waals surface area contributed by atoms with E-state index in [2.05, 4.69) is 6.92 Å². The SMILES string of the molecule is CCCCN(CCCN)C(=O)CN1C[C@H](c2ccc3c(c2)CCO3)[C@@H](C(=O)O)[C@@H]1CCN1CCCS1(=O)=O. The second-order valence-corrected chi connectivity index (χ2v) is 12.8. The number of carboxylic acids is 1. The molecule has 3 aliphatic heterocycles. The van der Waals surface area contributed by atoms with Crippen LogP contribution < -0.4 is 10.5 Å². The van der Waals surface area contributed by atoms with Gasteiger partial charge < -0.3 is 20.5 Å². The molecule has 0 radical (unpaired) electrons. The standard InChI is InChI=1S/C27H42N4O6S/c1-2-3-11-29(12-4-10-28)25(32)19-30-18-22(20-6-7-24-21(17-20)9-15-37-24)26(27(33)34)23(30)8-14-31-13-5-16-38(31,35)36/h6-7,17,22-23,26H,2-5,8-16,18-19,28H2,1H3,(H,33,34)/t22-,23+,26-/m1/s1. The summed E-state index contributed by atoms with van der Waals surface area (Å²) in [6, 6.07) is 5.44. The number of fused-ring (bicyclic) bond motifs is 1. The van der Waals surface area contributed by atoms with Crippen molar-refractivity contribution in [1.29, 1.82) is 0 Å². The van der Waals surface area contributed by atoms with Gasteiger partial charge in [0.15, 0.2) is 0 Å². The molecular weight excluding hydrogens is 508 g/mol. The van der Waals surface area contributed by atoms with E-state index in [1.807, 2.05) is 28.0 Å². The highest BCUT2D eigenvalue weighted by molar-refractivity contribution is 7.89. The van der Waals surface area contributed by atoms with Gasteiger partial charge in [-0.25, -0.2) is 12.7 Å². The van der Waals surface area contributed by atoms with Crippen LogP contribution in [-0.2, 0) is 26.0 Å². The molecular formula is C27H42N4O6S. The normalized spacial score (nSPS) is 24.8. The lowest BCUT2D eigenvalue weighted by Crippen LogP contribution is -2.46.